The Labute approximate surface area is 118 Å². The molecule has 0 aliphatic carbocycles. The van der Waals surface area contributed by atoms with Crippen LogP contribution in [-0.4, -0.2) is 14.5 Å². The summed E-state index contributed by atoms with van der Waals surface area (Å²) >= 11 is 0. The van der Waals surface area contributed by atoms with Crippen LogP contribution in [0.4, 0.5) is 0 Å². The van der Waals surface area contributed by atoms with Crippen LogP contribution in [0.5, 0.6) is 0 Å². The molecule has 0 unspecified atom stereocenters. The van der Waals surface area contributed by atoms with E-state index < -0.39 is 6.98 Å². The number of furan rings is 1. The molecule has 0 fully saturated rings. The van der Waals surface area contributed by atoms with Crippen LogP contribution in [0.2, 0.25) is 0 Å². The fourth-order valence-electron chi connectivity index (χ4n) is 2.95. The highest BCUT2D eigenvalue weighted by Crippen LogP contribution is 2.35. The molecule has 0 aromatic carbocycles. The molecule has 5 heteroatoms. The first-order chi connectivity index (χ1) is 11.1. The van der Waals surface area contributed by atoms with Crippen LogP contribution in [0.15, 0.2) is 41.1 Å². The quantitative estimate of drug-likeness (QED) is 0.403. The van der Waals surface area contributed by atoms with Crippen LogP contribution in [-0.2, 0) is 13.5 Å². The lowest BCUT2D eigenvalue weighted by molar-refractivity contribution is -0.640. The largest absolute Gasteiger partial charge is 0.417 e. The number of hydrogen-bond acceptors (Lipinski definition) is 3. The van der Waals surface area contributed by atoms with Gasteiger partial charge in [-0.15, -0.1) is 0 Å². The van der Waals surface area contributed by atoms with E-state index in [1.165, 1.54) is 4.57 Å². The Hall–Kier alpha value is -2.69. The predicted molar refractivity (Wildman–Crippen MR) is 73.0 cm³/mol. The molecule has 20 heavy (non-hydrogen) atoms. The minimum atomic E-state index is -2.37. The normalized spacial score (nSPS) is 15.9. The van der Waals surface area contributed by atoms with E-state index in [9.17, 15) is 0 Å². The van der Waals surface area contributed by atoms with Gasteiger partial charge in [-0.3, -0.25) is 0 Å². The third-order valence-electron chi connectivity index (χ3n) is 3.78. The second kappa shape index (κ2) is 3.25. The highest BCUT2D eigenvalue weighted by Gasteiger charge is 2.37. The molecule has 5 heterocycles. The fourth-order valence-corrected chi connectivity index (χ4v) is 2.95. The molecule has 0 amide bonds. The zero-order chi connectivity index (χ0) is 15.8. The van der Waals surface area contributed by atoms with Crippen LogP contribution in [0, 0.1) is 0 Å². The molecule has 5 nitrogen and oxygen atoms in total. The molecule has 1 aliphatic rings. The van der Waals surface area contributed by atoms with E-state index in [0.717, 1.165) is 5.56 Å². The first-order valence-corrected chi connectivity index (χ1v) is 6.32. The van der Waals surface area contributed by atoms with Crippen molar-refractivity contribution in [2.75, 3.05) is 0 Å². The lowest BCUT2D eigenvalue weighted by Gasteiger charge is -1.92. The van der Waals surface area contributed by atoms with Gasteiger partial charge < -0.3 is 4.42 Å². The van der Waals surface area contributed by atoms with Gasteiger partial charge in [-0.05, 0) is 18.2 Å². The number of aromatic nitrogens is 4. The van der Waals surface area contributed by atoms with Crippen LogP contribution >= 0.6 is 0 Å². The van der Waals surface area contributed by atoms with E-state index >= 15 is 0 Å². The number of rotatable bonds is 0. The molecule has 5 rings (SSSR count). The molecule has 4 aromatic rings. The molecular formula is C15H11N4O+. The van der Waals surface area contributed by atoms with Crippen molar-refractivity contribution < 1.29 is 13.1 Å². The Morgan fingerprint density at radius 1 is 1.30 bits per heavy atom. The van der Waals surface area contributed by atoms with Crippen molar-refractivity contribution in [1.29, 1.82) is 0 Å². The Bertz CT molecular complexity index is 1090. The summed E-state index contributed by atoms with van der Waals surface area (Å²) in [5, 5.41) is 0. The Morgan fingerprint density at radius 2 is 2.20 bits per heavy atom. The number of aryl methyl sites for hydroxylation is 1. The molecule has 0 N–H and O–H groups in total. The highest BCUT2D eigenvalue weighted by molar-refractivity contribution is 5.98. The van der Waals surface area contributed by atoms with E-state index in [4.69, 9.17) is 8.53 Å². The first kappa shape index (κ1) is 7.79. The van der Waals surface area contributed by atoms with Crippen molar-refractivity contribution >= 4 is 22.3 Å². The van der Waals surface area contributed by atoms with Crippen molar-refractivity contribution in [2.24, 2.45) is 6.98 Å². The maximum Gasteiger partial charge on any atom is 0.340 e. The van der Waals surface area contributed by atoms with Crippen molar-refractivity contribution in [3.8, 4) is 11.5 Å². The maximum atomic E-state index is 7.93. The summed E-state index contributed by atoms with van der Waals surface area (Å²) in [6, 6.07) is 7.37. The highest BCUT2D eigenvalue weighted by atomic mass is 16.3. The van der Waals surface area contributed by atoms with Gasteiger partial charge >= 0.3 is 11.5 Å². The third kappa shape index (κ3) is 1.02. The summed E-state index contributed by atoms with van der Waals surface area (Å²) < 4.78 is 32.8. The average molecular weight is 266 g/mol. The number of imidazole rings is 1. The van der Waals surface area contributed by atoms with Crippen molar-refractivity contribution in [3.05, 3.63) is 42.2 Å². The molecule has 4 aromatic heterocycles. The molecule has 1 aliphatic heterocycles. The van der Waals surface area contributed by atoms with E-state index in [1.807, 2.05) is 16.7 Å². The number of pyridine rings is 2. The second-order valence-electron chi connectivity index (χ2n) is 4.86. The number of nitrogens with zero attached hydrogens (tertiary/aromatic N) is 4. The smallest absolute Gasteiger partial charge is 0.340 e. The van der Waals surface area contributed by atoms with Crippen LogP contribution < -0.4 is 4.57 Å². The SMILES string of the molecule is [2H]C([2H])([2H])[n+]1c2n(c3c4ncccc4oc31)Cc1cccnc1-2. The van der Waals surface area contributed by atoms with Crippen LogP contribution in [0.3, 0.4) is 0 Å². The van der Waals surface area contributed by atoms with Crippen molar-refractivity contribution in [3.63, 3.8) is 0 Å². The summed E-state index contributed by atoms with van der Waals surface area (Å²) in [7, 11) is 0. The van der Waals surface area contributed by atoms with Crippen LogP contribution in [0.1, 0.15) is 9.68 Å². The minimum absolute atomic E-state index is 0.310. The summed E-state index contributed by atoms with van der Waals surface area (Å²) in [6.07, 6.45) is 3.35. The standard InChI is InChI=1S/C15H11N4O/c1-18-14-11-9(4-2-6-16-11)8-19(14)13-12-10(20-15(13)18)5-3-7-17-12/h2-7H,8H2,1H3/q+1/i1D3. The van der Waals surface area contributed by atoms with Crippen LogP contribution in [0.25, 0.3) is 33.8 Å². The van der Waals surface area contributed by atoms with E-state index in [0.29, 0.717) is 40.4 Å². The maximum absolute atomic E-state index is 7.93. The van der Waals surface area contributed by atoms with Crippen molar-refractivity contribution in [2.45, 2.75) is 6.54 Å². The van der Waals surface area contributed by atoms with E-state index in [1.54, 1.807) is 24.5 Å². The van der Waals surface area contributed by atoms with Gasteiger partial charge in [-0.2, -0.15) is 4.57 Å². The molecule has 0 radical (unpaired) electrons. The van der Waals surface area contributed by atoms with E-state index in [2.05, 4.69) is 9.97 Å². The Balaban J connectivity index is 2.01. The van der Waals surface area contributed by atoms with Gasteiger partial charge in [0.2, 0.25) is 5.52 Å². The zero-order valence-electron chi connectivity index (χ0n) is 13.4. The Kier molecular flexibility index (Phi) is 1.27. The molecular weight excluding hydrogens is 252 g/mol. The van der Waals surface area contributed by atoms with Gasteiger partial charge in [0, 0.05) is 18.0 Å². The lowest BCUT2D eigenvalue weighted by Crippen LogP contribution is -2.29. The molecule has 0 atom stereocenters. The predicted octanol–water partition coefficient (Wildman–Crippen LogP) is 2.03. The molecule has 0 bridgehead atoms. The van der Waals surface area contributed by atoms with Gasteiger partial charge in [-0.1, -0.05) is 6.07 Å². The number of hydrogen-bond donors (Lipinski definition) is 0. The summed E-state index contributed by atoms with van der Waals surface area (Å²) in [5.41, 5.74) is 3.93. The van der Waals surface area contributed by atoms with Gasteiger partial charge in [-0.25, -0.2) is 14.5 Å². The lowest BCUT2D eigenvalue weighted by atomic mass is 10.2. The van der Waals surface area contributed by atoms with Gasteiger partial charge in [0.25, 0.3) is 0 Å². The molecule has 0 saturated heterocycles. The van der Waals surface area contributed by atoms with Gasteiger partial charge in [0.05, 0.1) is 11.1 Å². The fraction of sp³-hybridized carbons (Fsp3) is 0.133. The first-order valence-electron chi connectivity index (χ1n) is 7.82. The molecule has 0 saturated carbocycles. The summed E-state index contributed by atoms with van der Waals surface area (Å²) in [6.45, 7) is -1.81. The van der Waals surface area contributed by atoms with Gasteiger partial charge in [0.15, 0.2) is 16.8 Å². The van der Waals surface area contributed by atoms with Gasteiger partial charge in [0.1, 0.15) is 6.54 Å². The molecule has 0 spiro atoms. The Morgan fingerprint density at radius 3 is 3.15 bits per heavy atom. The minimum Gasteiger partial charge on any atom is -0.417 e. The second-order valence-corrected chi connectivity index (χ2v) is 4.86. The third-order valence-corrected chi connectivity index (χ3v) is 3.78. The zero-order valence-corrected chi connectivity index (χ0v) is 10.4. The number of fused-ring (bicyclic) bond motifs is 7. The summed E-state index contributed by atoms with van der Waals surface area (Å²) in [5.74, 6) is 0.543. The molecule has 96 valence electrons. The van der Waals surface area contributed by atoms with E-state index in [-0.39, 0.29) is 0 Å². The summed E-state index contributed by atoms with van der Waals surface area (Å²) in [4.78, 5) is 8.75. The topological polar surface area (TPSA) is 47.7 Å². The average Bonchev–Trinajstić information content (AvgIpc) is 3.12. The van der Waals surface area contributed by atoms with Crippen molar-refractivity contribution in [1.82, 2.24) is 14.5 Å². The monoisotopic (exact) mass is 266 g/mol.